The Bertz CT molecular complexity index is 195. The van der Waals surface area contributed by atoms with E-state index in [1.54, 1.807) is 0 Å². The molecule has 2 rings (SSSR count). The summed E-state index contributed by atoms with van der Waals surface area (Å²) in [6.07, 6.45) is 3.98. The minimum Gasteiger partial charge on any atom is -0.377 e. The van der Waals surface area contributed by atoms with E-state index in [-0.39, 0.29) is 17.4 Å². The molecule has 0 aromatic rings. The van der Waals surface area contributed by atoms with E-state index in [9.17, 15) is 4.79 Å². The van der Waals surface area contributed by atoms with Crippen LogP contribution < -0.4 is 11.3 Å². The first-order valence-corrected chi connectivity index (χ1v) is 4.42. The van der Waals surface area contributed by atoms with Crippen molar-refractivity contribution in [2.45, 2.75) is 31.8 Å². The van der Waals surface area contributed by atoms with Crippen LogP contribution in [0.4, 0.5) is 0 Å². The molecule has 1 saturated heterocycles. The minimum atomic E-state index is -0.283. The van der Waals surface area contributed by atoms with Gasteiger partial charge in [0, 0.05) is 6.61 Å². The smallest absolute Gasteiger partial charge is 0.242 e. The molecule has 0 aromatic carbocycles. The monoisotopic (exact) mass is 170 g/mol. The Hall–Kier alpha value is -0.610. The third kappa shape index (κ3) is 0.881. The molecule has 1 aliphatic carbocycles. The molecule has 0 aromatic heterocycles. The Morgan fingerprint density at radius 2 is 2.42 bits per heavy atom. The summed E-state index contributed by atoms with van der Waals surface area (Å²) >= 11 is 0. The maximum absolute atomic E-state index is 11.5. The maximum Gasteiger partial charge on any atom is 0.242 e. The van der Waals surface area contributed by atoms with E-state index in [2.05, 4.69) is 5.43 Å². The van der Waals surface area contributed by atoms with Crippen LogP contribution in [0.1, 0.15) is 25.7 Å². The van der Waals surface area contributed by atoms with Gasteiger partial charge < -0.3 is 4.74 Å². The second-order valence-corrected chi connectivity index (χ2v) is 3.63. The van der Waals surface area contributed by atoms with Crippen molar-refractivity contribution >= 4 is 5.91 Å². The van der Waals surface area contributed by atoms with Crippen LogP contribution in [-0.2, 0) is 9.53 Å². The molecular formula is C8H14N2O2. The number of hydrogen-bond acceptors (Lipinski definition) is 3. The fourth-order valence-corrected chi connectivity index (χ4v) is 2.47. The lowest BCUT2D eigenvalue weighted by Crippen LogP contribution is -2.46. The minimum absolute atomic E-state index is 0.0394. The highest BCUT2D eigenvalue weighted by molar-refractivity contribution is 5.83. The van der Waals surface area contributed by atoms with Crippen LogP contribution in [-0.4, -0.2) is 18.6 Å². The third-order valence-corrected chi connectivity index (χ3v) is 3.16. The largest absolute Gasteiger partial charge is 0.377 e. The molecule has 1 saturated carbocycles. The van der Waals surface area contributed by atoms with Gasteiger partial charge >= 0.3 is 0 Å². The van der Waals surface area contributed by atoms with Crippen LogP contribution in [0, 0.1) is 5.41 Å². The molecule has 68 valence electrons. The fourth-order valence-electron chi connectivity index (χ4n) is 2.47. The highest BCUT2D eigenvalue weighted by Crippen LogP contribution is 2.47. The fraction of sp³-hybridized carbons (Fsp3) is 0.875. The molecule has 1 aliphatic heterocycles. The Morgan fingerprint density at radius 3 is 3.17 bits per heavy atom. The van der Waals surface area contributed by atoms with E-state index in [0.717, 1.165) is 25.7 Å². The van der Waals surface area contributed by atoms with Gasteiger partial charge in [-0.2, -0.15) is 0 Å². The highest BCUT2D eigenvalue weighted by Gasteiger charge is 2.52. The van der Waals surface area contributed by atoms with Gasteiger partial charge in [0.1, 0.15) is 0 Å². The molecule has 12 heavy (non-hydrogen) atoms. The molecule has 0 bridgehead atoms. The molecule has 4 heteroatoms. The number of carbonyl (C=O) groups is 1. The number of ether oxygens (including phenoxy) is 1. The van der Waals surface area contributed by atoms with Crippen molar-refractivity contribution in [3.8, 4) is 0 Å². The molecule has 1 amide bonds. The van der Waals surface area contributed by atoms with Gasteiger partial charge in [-0.3, -0.25) is 10.2 Å². The van der Waals surface area contributed by atoms with E-state index >= 15 is 0 Å². The normalized spacial score (nSPS) is 39.6. The summed E-state index contributed by atoms with van der Waals surface area (Å²) in [5.41, 5.74) is 1.97. The Balaban J connectivity index is 2.21. The lowest BCUT2D eigenvalue weighted by atomic mass is 9.82. The first-order chi connectivity index (χ1) is 5.79. The molecule has 2 fully saturated rings. The predicted molar refractivity (Wildman–Crippen MR) is 43.0 cm³/mol. The average Bonchev–Trinajstić information content (AvgIpc) is 2.60. The maximum atomic E-state index is 11.5. The van der Waals surface area contributed by atoms with Crippen LogP contribution in [0.15, 0.2) is 0 Å². The average molecular weight is 170 g/mol. The summed E-state index contributed by atoms with van der Waals surface area (Å²) in [4.78, 5) is 11.5. The number of fused-ring (bicyclic) bond motifs is 1. The van der Waals surface area contributed by atoms with Crippen molar-refractivity contribution in [2.24, 2.45) is 11.3 Å². The summed E-state index contributed by atoms with van der Waals surface area (Å²) < 4.78 is 5.49. The Morgan fingerprint density at radius 1 is 1.58 bits per heavy atom. The standard InChI is InChI=1S/C8H14N2O2/c9-10-7(11)8-3-1-2-6(8)12-5-4-8/h6H,1-5,9H2,(H,10,11)/t6-,8+/m0/s1. The van der Waals surface area contributed by atoms with E-state index in [4.69, 9.17) is 10.6 Å². The molecule has 0 radical (unpaired) electrons. The van der Waals surface area contributed by atoms with E-state index in [1.165, 1.54) is 0 Å². The SMILES string of the molecule is NNC(=O)[C@@]12CCC[C@@H]1OCC2. The zero-order valence-electron chi connectivity index (χ0n) is 7.01. The Labute approximate surface area is 71.4 Å². The van der Waals surface area contributed by atoms with Gasteiger partial charge in [0.15, 0.2) is 0 Å². The van der Waals surface area contributed by atoms with Crippen molar-refractivity contribution in [1.29, 1.82) is 0 Å². The van der Waals surface area contributed by atoms with Gasteiger partial charge in [0.25, 0.3) is 0 Å². The van der Waals surface area contributed by atoms with Crippen molar-refractivity contribution in [2.75, 3.05) is 6.61 Å². The quantitative estimate of drug-likeness (QED) is 0.329. The zero-order chi connectivity index (χ0) is 8.60. The zero-order valence-corrected chi connectivity index (χ0v) is 7.01. The van der Waals surface area contributed by atoms with Crippen LogP contribution in [0.5, 0.6) is 0 Å². The van der Waals surface area contributed by atoms with Gasteiger partial charge in [0.2, 0.25) is 5.91 Å². The van der Waals surface area contributed by atoms with Gasteiger partial charge in [-0.15, -0.1) is 0 Å². The van der Waals surface area contributed by atoms with Gasteiger partial charge in [-0.05, 0) is 25.7 Å². The molecule has 4 nitrogen and oxygen atoms in total. The summed E-state index contributed by atoms with van der Waals surface area (Å²) in [5, 5.41) is 0. The Kier molecular flexibility index (Phi) is 1.81. The number of rotatable bonds is 1. The molecular weight excluding hydrogens is 156 g/mol. The molecule has 1 heterocycles. The molecule has 0 spiro atoms. The summed E-state index contributed by atoms with van der Waals surface area (Å²) in [7, 11) is 0. The molecule has 2 atom stereocenters. The molecule has 2 aliphatic rings. The van der Waals surface area contributed by atoms with Gasteiger partial charge in [-0.1, -0.05) is 0 Å². The van der Waals surface area contributed by atoms with Crippen molar-refractivity contribution in [3.05, 3.63) is 0 Å². The number of amides is 1. The first-order valence-electron chi connectivity index (χ1n) is 4.42. The lowest BCUT2D eigenvalue weighted by molar-refractivity contribution is -0.132. The number of hydrazine groups is 1. The number of carbonyl (C=O) groups excluding carboxylic acids is 1. The third-order valence-electron chi connectivity index (χ3n) is 3.16. The van der Waals surface area contributed by atoms with Crippen LogP contribution in [0.2, 0.25) is 0 Å². The second kappa shape index (κ2) is 2.71. The van der Waals surface area contributed by atoms with Gasteiger partial charge in [-0.25, -0.2) is 5.84 Å². The topological polar surface area (TPSA) is 64.3 Å². The number of nitrogens with two attached hydrogens (primary N) is 1. The first kappa shape index (κ1) is 8.01. The number of nitrogens with one attached hydrogen (secondary N) is 1. The van der Waals surface area contributed by atoms with Crippen LogP contribution in [0.25, 0.3) is 0 Å². The number of hydrogen-bond donors (Lipinski definition) is 2. The van der Waals surface area contributed by atoms with Crippen molar-refractivity contribution in [3.63, 3.8) is 0 Å². The molecule has 3 N–H and O–H groups in total. The summed E-state index contributed by atoms with van der Waals surface area (Å²) in [6, 6.07) is 0. The second-order valence-electron chi connectivity index (χ2n) is 3.63. The molecule has 0 unspecified atom stereocenters. The van der Waals surface area contributed by atoms with Gasteiger partial charge in [0.05, 0.1) is 11.5 Å². The summed E-state index contributed by atoms with van der Waals surface area (Å²) in [6.45, 7) is 0.706. The van der Waals surface area contributed by atoms with E-state index in [1.807, 2.05) is 0 Å². The van der Waals surface area contributed by atoms with Crippen molar-refractivity contribution in [1.82, 2.24) is 5.43 Å². The van der Waals surface area contributed by atoms with E-state index in [0.29, 0.717) is 6.61 Å². The van der Waals surface area contributed by atoms with E-state index < -0.39 is 0 Å². The van der Waals surface area contributed by atoms with Crippen molar-refractivity contribution < 1.29 is 9.53 Å². The summed E-state index contributed by atoms with van der Waals surface area (Å²) in [5.74, 6) is 5.11. The van der Waals surface area contributed by atoms with Crippen LogP contribution >= 0.6 is 0 Å². The van der Waals surface area contributed by atoms with Crippen LogP contribution in [0.3, 0.4) is 0 Å². The predicted octanol–water partition coefficient (Wildman–Crippen LogP) is -0.0645. The highest BCUT2D eigenvalue weighted by atomic mass is 16.5. The lowest BCUT2D eigenvalue weighted by Gasteiger charge is -2.24.